The molecule has 8 nitrogen and oxygen atoms in total. The van der Waals surface area contributed by atoms with Gasteiger partial charge in [-0.1, -0.05) is 0 Å². The van der Waals surface area contributed by atoms with Gasteiger partial charge in [0.05, 0.1) is 0 Å². The van der Waals surface area contributed by atoms with Crippen LogP contribution in [0.15, 0.2) is 18.5 Å². The van der Waals surface area contributed by atoms with Gasteiger partial charge in [-0.05, 0) is 6.07 Å². The summed E-state index contributed by atoms with van der Waals surface area (Å²) in [7, 11) is 1.49. The van der Waals surface area contributed by atoms with Gasteiger partial charge in [0.1, 0.15) is 6.54 Å². The highest BCUT2D eigenvalue weighted by molar-refractivity contribution is 5.80. The summed E-state index contributed by atoms with van der Waals surface area (Å²) < 4.78 is 0. The van der Waals surface area contributed by atoms with Crippen LogP contribution < -0.4 is 4.90 Å². The molecule has 1 fully saturated rings. The molecule has 0 aromatic carbocycles. The van der Waals surface area contributed by atoms with Crippen LogP contribution in [0.4, 0.5) is 10.7 Å². The van der Waals surface area contributed by atoms with Crippen molar-refractivity contribution in [2.24, 2.45) is 0 Å². The molecule has 0 bridgehead atoms. The first-order valence-electron chi connectivity index (χ1n) is 6.31. The van der Waals surface area contributed by atoms with Crippen LogP contribution in [0.25, 0.3) is 0 Å². The van der Waals surface area contributed by atoms with Crippen molar-refractivity contribution in [3.63, 3.8) is 0 Å². The fraction of sp³-hybridized carbons (Fsp3) is 0.500. The third-order valence-electron chi connectivity index (χ3n) is 3.08. The number of urea groups is 1. The molecule has 0 saturated carbocycles. The average Bonchev–Trinajstić information content (AvgIpc) is 2.47. The Morgan fingerprint density at radius 1 is 1.25 bits per heavy atom. The number of carboxylic acid groups (broad SMARTS) is 1. The highest BCUT2D eigenvalue weighted by Crippen LogP contribution is 2.10. The summed E-state index contributed by atoms with van der Waals surface area (Å²) in [6, 6.07) is 1.49. The lowest BCUT2D eigenvalue weighted by Crippen LogP contribution is -2.53. The molecule has 0 radical (unpaired) electrons. The first-order valence-corrected chi connectivity index (χ1v) is 6.31. The van der Waals surface area contributed by atoms with Gasteiger partial charge in [0.2, 0.25) is 5.95 Å². The van der Waals surface area contributed by atoms with Gasteiger partial charge in [0, 0.05) is 45.6 Å². The van der Waals surface area contributed by atoms with Crippen LogP contribution in [-0.2, 0) is 4.79 Å². The average molecular weight is 279 g/mol. The summed E-state index contributed by atoms with van der Waals surface area (Å²) in [5.74, 6) is -0.365. The first-order chi connectivity index (χ1) is 9.58. The highest BCUT2D eigenvalue weighted by Gasteiger charge is 2.25. The molecule has 1 aliphatic rings. The minimum atomic E-state index is -1.02. The molecule has 0 spiro atoms. The predicted octanol–water partition coefficient (Wildman–Crippen LogP) is -0.265. The van der Waals surface area contributed by atoms with Gasteiger partial charge in [-0.3, -0.25) is 4.79 Å². The molecule has 1 aromatic heterocycles. The smallest absolute Gasteiger partial charge is 0.323 e. The fourth-order valence-electron chi connectivity index (χ4n) is 2.06. The topological polar surface area (TPSA) is 89.9 Å². The van der Waals surface area contributed by atoms with E-state index in [-0.39, 0.29) is 12.6 Å². The first kappa shape index (κ1) is 14.0. The maximum absolute atomic E-state index is 12.0. The summed E-state index contributed by atoms with van der Waals surface area (Å²) in [5, 5.41) is 8.68. The lowest BCUT2D eigenvalue weighted by molar-refractivity contribution is -0.137. The molecule has 1 aromatic rings. The molecule has 2 heterocycles. The molecular weight excluding hydrogens is 262 g/mol. The molecule has 108 valence electrons. The SMILES string of the molecule is CN(CC(=O)O)C(=O)N1CCN(c2ncccn2)CC1. The Labute approximate surface area is 116 Å². The van der Waals surface area contributed by atoms with Crippen LogP contribution in [0, 0.1) is 0 Å². The molecule has 0 aliphatic carbocycles. The molecule has 0 atom stereocenters. The van der Waals surface area contributed by atoms with E-state index in [0.717, 1.165) is 0 Å². The zero-order chi connectivity index (χ0) is 14.5. The van der Waals surface area contributed by atoms with E-state index in [2.05, 4.69) is 9.97 Å². The van der Waals surface area contributed by atoms with Gasteiger partial charge < -0.3 is 19.8 Å². The van der Waals surface area contributed by atoms with E-state index in [0.29, 0.717) is 32.1 Å². The van der Waals surface area contributed by atoms with Gasteiger partial charge in [-0.15, -0.1) is 0 Å². The second kappa shape index (κ2) is 6.18. The number of aromatic nitrogens is 2. The Morgan fingerprint density at radius 2 is 1.85 bits per heavy atom. The molecule has 1 aliphatic heterocycles. The number of amides is 2. The molecule has 20 heavy (non-hydrogen) atoms. The lowest BCUT2D eigenvalue weighted by atomic mass is 10.3. The largest absolute Gasteiger partial charge is 0.480 e. The van der Waals surface area contributed by atoms with Crippen molar-refractivity contribution in [1.29, 1.82) is 0 Å². The number of carboxylic acids is 1. The van der Waals surface area contributed by atoms with Crippen molar-refractivity contribution in [1.82, 2.24) is 19.8 Å². The third kappa shape index (κ3) is 3.34. The van der Waals surface area contributed by atoms with E-state index in [1.165, 1.54) is 11.9 Å². The van der Waals surface area contributed by atoms with Crippen LogP contribution in [0.1, 0.15) is 0 Å². The fourth-order valence-corrected chi connectivity index (χ4v) is 2.06. The minimum absolute atomic E-state index is 0.263. The summed E-state index contributed by atoms with van der Waals surface area (Å²) in [6.45, 7) is 2.04. The number of nitrogens with zero attached hydrogens (tertiary/aromatic N) is 5. The van der Waals surface area contributed by atoms with E-state index < -0.39 is 5.97 Å². The number of hydrogen-bond donors (Lipinski definition) is 1. The summed E-state index contributed by atoms with van der Waals surface area (Å²) in [5.41, 5.74) is 0. The third-order valence-corrected chi connectivity index (χ3v) is 3.08. The number of carbonyl (C=O) groups is 2. The molecular formula is C12H17N5O3. The zero-order valence-electron chi connectivity index (χ0n) is 11.3. The Bertz CT molecular complexity index is 473. The van der Waals surface area contributed by atoms with Crippen LogP contribution in [0.2, 0.25) is 0 Å². The number of anilines is 1. The summed E-state index contributed by atoms with van der Waals surface area (Å²) in [6.07, 6.45) is 3.36. The zero-order valence-corrected chi connectivity index (χ0v) is 11.3. The molecule has 1 N–H and O–H groups in total. The number of piperazine rings is 1. The number of rotatable bonds is 3. The number of carbonyl (C=O) groups excluding carboxylic acids is 1. The predicted molar refractivity (Wildman–Crippen MR) is 71.5 cm³/mol. The summed E-state index contributed by atoms with van der Waals surface area (Å²) in [4.78, 5) is 35.8. The lowest BCUT2D eigenvalue weighted by Gasteiger charge is -2.36. The van der Waals surface area contributed by atoms with Crippen LogP contribution in [-0.4, -0.2) is 76.6 Å². The van der Waals surface area contributed by atoms with E-state index in [9.17, 15) is 9.59 Å². The number of hydrogen-bond acceptors (Lipinski definition) is 5. The molecule has 2 rings (SSSR count). The Morgan fingerprint density at radius 3 is 2.40 bits per heavy atom. The quantitative estimate of drug-likeness (QED) is 0.819. The summed E-state index contributed by atoms with van der Waals surface area (Å²) >= 11 is 0. The molecule has 8 heteroatoms. The van der Waals surface area contributed by atoms with Crippen molar-refractivity contribution in [2.45, 2.75) is 0 Å². The standard InChI is InChI=1S/C12H17N5O3/c1-15(9-10(18)19)12(20)17-7-5-16(6-8-17)11-13-3-2-4-14-11/h2-4H,5-9H2,1H3,(H,18,19). The van der Waals surface area contributed by atoms with Crippen LogP contribution in [0.5, 0.6) is 0 Å². The second-order valence-corrected chi connectivity index (χ2v) is 4.56. The van der Waals surface area contributed by atoms with Gasteiger partial charge in [-0.2, -0.15) is 0 Å². The van der Waals surface area contributed by atoms with Crippen LogP contribution >= 0.6 is 0 Å². The normalized spacial score (nSPS) is 15.1. The second-order valence-electron chi connectivity index (χ2n) is 4.56. The molecule has 2 amide bonds. The van der Waals surface area contributed by atoms with Gasteiger partial charge >= 0.3 is 12.0 Å². The Hall–Kier alpha value is -2.38. The van der Waals surface area contributed by atoms with Crippen molar-refractivity contribution < 1.29 is 14.7 Å². The minimum Gasteiger partial charge on any atom is -0.480 e. The maximum atomic E-state index is 12.0. The van der Waals surface area contributed by atoms with Gasteiger partial charge in [-0.25, -0.2) is 14.8 Å². The maximum Gasteiger partial charge on any atom is 0.323 e. The number of likely N-dealkylation sites (N-methyl/N-ethyl adjacent to an activating group) is 1. The van der Waals surface area contributed by atoms with Gasteiger partial charge in [0.15, 0.2) is 0 Å². The Kier molecular flexibility index (Phi) is 4.34. The van der Waals surface area contributed by atoms with Crippen LogP contribution in [0.3, 0.4) is 0 Å². The van der Waals surface area contributed by atoms with Crippen molar-refractivity contribution in [2.75, 3.05) is 44.7 Å². The molecule has 1 saturated heterocycles. The van der Waals surface area contributed by atoms with E-state index >= 15 is 0 Å². The monoisotopic (exact) mass is 279 g/mol. The van der Waals surface area contributed by atoms with E-state index in [1.54, 1.807) is 23.4 Å². The number of aliphatic carboxylic acids is 1. The Balaban J connectivity index is 1.88. The van der Waals surface area contributed by atoms with Crippen molar-refractivity contribution in [3.05, 3.63) is 18.5 Å². The van der Waals surface area contributed by atoms with E-state index in [4.69, 9.17) is 5.11 Å². The highest BCUT2D eigenvalue weighted by atomic mass is 16.4. The van der Waals surface area contributed by atoms with Crippen molar-refractivity contribution in [3.8, 4) is 0 Å². The van der Waals surface area contributed by atoms with E-state index in [1.807, 2.05) is 4.90 Å². The van der Waals surface area contributed by atoms with Crippen molar-refractivity contribution >= 4 is 17.9 Å². The van der Waals surface area contributed by atoms with Gasteiger partial charge in [0.25, 0.3) is 0 Å². The molecule has 0 unspecified atom stereocenters.